The lowest BCUT2D eigenvalue weighted by molar-refractivity contribution is 0.394. The van der Waals surface area contributed by atoms with Crippen molar-refractivity contribution in [1.29, 1.82) is 0 Å². The Balaban J connectivity index is 2.68. The van der Waals surface area contributed by atoms with Crippen LogP contribution in [0.25, 0.3) is 11.1 Å². The number of aromatic hydroxyl groups is 3. The van der Waals surface area contributed by atoms with E-state index in [4.69, 9.17) is 0 Å². The van der Waals surface area contributed by atoms with Crippen LogP contribution >= 0.6 is 0 Å². The zero-order chi connectivity index (χ0) is 11.7. The fourth-order valence-electron chi connectivity index (χ4n) is 1.58. The average Bonchev–Trinajstić information content (AvgIpc) is 2.32. The standard InChI is InChI=1S/C13H12O3/c1-8-11(14)7-10(13(16)12(8)15)9-5-3-2-4-6-9/h2-7,14-16H,1H3. The molecule has 3 heteroatoms. The van der Waals surface area contributed by atoms with E-state index in [0.29, 0.717) is 5.56 Å². The molecule has 82 valence electrons. The SMILES string of the molecule is Cc1c(O)cc(-c2ccccc2)c(O)c1O. The van der Waals surface area contributed by atoms with E-state index in [1.54, 1.807) is 19.1 Å². The zero-order valence-electron chi connectivity index (χ0n) is 8.81. The van der Waals surface area contributed by atoms with Crippen LogP contribution in [0.2, 0.25) is 0 Å². The number of rotatable bonds is 1. The molecule has 0 fully saturated rings. The summed E-state index contributed by atoms with van der Waals surface area (Å²) in [6.45, 7) is 1.54. The van der Waals surface area contributed by atoms with Crippen LogP contribution in [0.5, 0.6) is 17.2 Å². The molecular formula is C13H12O3. The molecule has 3 nitrogen and oxygen atoms in total. The van der Waals surface area contributed by atoms with E-state index in [9.17, 15) is 15.3 Å². The van der Waals surface area contributed by atoms with E-state index >= 15 is 0 Å². The molecule has 0 unspecified atom stereocenters. The van der Waals surface area contributed by atoms with Gasteiger partial charge in [-0.15, -0.1) is 0 Å². The van der Waals surface area contributed by atoms with Gasteiger partial charge in [-0.1, -0.05) is 30.3 Å². The third kappa shape index (κ3) is 1.56. The van der Waals surface area contributed by atoms with Crippen LogP contribution in [0.1, 0.15) is 5.56 Å². The monoisotopic (exact) mass is 216 g/mol. The molecule has 0 heterocycles. The number of hydrogen-bond acceptors (Lipinski definition) is 3. The van der Waals surface area contributed by atoms with Crippen LogP contribution in [0.4, 0.5) is 0 Å². The van der Waals surface area contributed by atoms with Crippen molar-refractivity contribution in [3.8, 4) is 28.4 Å². The van der Waals surface area contributed by atoms with Gasteiger partial charge in [-0.3, -0.25) is 0 Å². The lowest BCUT2D eigenvalue weighted by Crippen LogP contribution is -1.84. The number of phenolic OH excluding ortho intramolecular Hbond substituents is 3. The van der Waals surface area contributed by atoms with E-state index in [1.807, 2.05) is 18.2 Å². The van der Waals surface area contributed by atoms with Crippen LogP contribution in [0, 0.1) is 6.92 Å². The molecule has 2 rings (SSSR count). The second-order valence-corrected chi connectivity index (χ2v) is 3.63. The molecule has 0 aliphatic heterocycles. The Labute approximate surface area is 93.2 Å². The quantitative estimate of drug-likeness (QED) is 0.507. The van der Waals surface area contributed by atoms with Gasteiger partial charge >= 0.3 is 0 Å². The van der Waals surface area contributed by atoms with Crippen LogP contribution in [-0.2, 0) is 0 Å². The van der Waals surface area contributed by atoms with E-state index in [-0.39, 0.29) is 22.8 Å². The summed E-state index contributed by atoms with van der Waals surface area (Å²) in [4.78, 5) is 0. The van der Waals surface area contributed by atoms with Crippen molar-refractivity contribution < 1.29 is 15.3 Å². The topological polar surface area (TPSA) is 60.7 Å². The number of hydrogen-bond donors (Lipinski definition) is 3. The number of benzene rings is 2. The second-order valence-electron chi connectivity index (χ2n) is 3.63. The molecule has 0 aliphatic carbocycles. The maximum absolute atomic E-state index is 9.80. The first-order valence-corrected chi connectivity index (χ1v) is 4.91. The highest BCUT2D eigenvalue weighted by Gasteiger charge is 2.14. The highest BCUT2D eigenvalue weighted by atomic mass is 16.3. The minimum absolute atomic E-state index is 0.0332. The van der Waals surface area contributed by atoms with Crippen molar-refractivity contribution in [3.63, 3.8) is 0 Å². The lowest BCUT2D eigenvalue weighted by atomic mass is 10.0. The third-order valence-corrected chi connectivity index (χ3v) is 2.58. The Hall–Kier alpha value is -2.16. The molecule has 2 aromatic rings. The van der Waals surface area contributed by atoms with Crippen molar-refractivity contribution in [2.45, 2.75) is 6.92 Å². The molecule has 0 bridgehead atoms. The van der Waals surface area contributed by atoms with E-state index in [2.05, 4.69) is 0 Å². The molecule has 0 aromatic heterocycles. The van der Waals surface area contributed by atoms with Gasteiger partial charge in [0.05, 0.1) is 0 Å². The predicted molar refractivity (Wildman–Crippen MR) is 61.6 cm³/mol. The van der Waals surface area contributed by atoms with Crippen molar-refractivity contribution in [1.82, 2.24) is 0 Å². The first-order valence-electron chi connectivity index (χ1n) is 4.91. The van der Waals surface area contributed by atoms with Crippen molar-refractivity contribution >= 4 is 0 Å². The maximum atomic E-state index is 9.80. The Morgan fingerprint density at radius 2 is 1.50 bits per heavy atom. The van der Waals surface area contributed by atoms with Crippen molar-refractivity contribution in [2.24, 2.45) is 0 Å². The second kappa shape index (κ2) is 3.77. The van der Waals surface area contributed by atoms with Crippen molar-refractivity contribution in [3.05, 3.63) is 42.0 Å². The van der Waals surface area contributed by atoms with Gasteiger partial charge in [0.2, 0.25) is 0 Å². The van der Waals surface area contributed by atoms with Gasteiger partial charge in [0.25, 0.3) is 0 Å². The molecule has 0 atom stereocenters. The van der Waals surface area contributed by atoms with Gasteiger partial charge in [0.1, 0.15) is 5.75 Å². The van der Waals surface area contributed by atoms with E-state index in [1.165, 1.54) is 6.07 Å². The summed E-state index contributed by atoms with van der Waals surface area (Å²) in [6.07, 6.45) is 0. The van der Waals surface area contributed by atoms with Gasteiger partial charge in [-0.05, 0) is 18.6 Å². The van der Waals surface area contributed by atoms with Gasteiger partial charge < -0.3 is 15.3 Å². The Bertz CT molecular complexity index is 518. The summed E-state index contributed by atoms with van der Waals surface area (Å²) in [5, 5.41) is 29.0. The number of phenols is 3. The smallest absolute Gasteiger partial charge is 0.165 e. The Morgan fingerprint density at radius 3 is 2.12 bits per heavy atom. The fraction of sp³-hybridized carbons (Fsp3) is 0.0769. The van der Waals surface area contributed by atoms with Crippen LogP contribution < -0.4 is 0 Å². The first kappa shape index (κ1) is 10.4. The highest BCUT2D eigenvalue weighted by molar-refractivity contribution is 5.76. The summed E-state index contributed by atoms with van der Waals surface area (Å²) in [7, 11) is 0. The summed E-state index contributed by atoms with van der Waals surface area (Å²) in [5.41, 5.74) is 1.43. The zero-order valence-corrected chi connectivity index (χ0v) is 8.81. The summed E-state index contributed by atoms with van der Waals surface area (Å²) >= 11 is 0. The van der Waals surface area contributed by atoms with Crippen LogP contribution in [0.3, 0.4) is 0 Å². The summed E-state index contributed by atoms with van der Waals surface area (Å²) in [6, 6.07) is 10.5. The van der Waals surface area contributed by atoms with E-state index in [0.717, 1.165) is 5.56 Å². The van der Waals surface area contributed by atoms with Crippen molar-refractivity contribution in [2.75, 3.05) is 0 Å². The molecule has 0 saturated carbocycles. The first-order chi connectivity index (χ1) is 7.61. The maximum Gasteiger partial charge on any atom is 0.165 e. The molecule has 16 heavy (non-hydrogen) atoms. The lowest BCUT2D eigenvalue weighted by Gasteiger charge is -2.10. The van der Waals surface area contributed by atoms with Gasteiger partial charge in [-0.25, -0.2) is 0 Å². The molecule has 2 aromatic carbocycles. The third-order valence-electron chi connectivity index (χ3n) is 2.58. The molecule has 0 radical (unpaired) electrons. The van der Waals surface area contributed by atoms with Gasteiger partial charge in [0, 0.05) is 11.1 Å². The average molecular weight is 216 g/mol. The molecule has 0 saturated heterocycles. The molecule has 3 N–H and O–H groups in total. The fourth-order valence-corrected chi connectivity index (χ4v) is 1.58. The van der Waals surface area contributed by atoms with E-state index < -0.39 is 0 Å². The Morgan fingerprint density at radius 1 is 0.875 bits per heavy atom. The summed E-state index contributed by atoms with van der Waals surface area (Å²) in [5.74, 6) is -0.519. The minimum atomic E-state index is -0.279. The van der Waals surface area contributed by atoms with Crippen LogP contribution in [0.15, 0.2) is 36.4 Å². The van der Waals surface area contributed by atoms with Gasteiger partial charge in [-0.2, -0.15) is 0 Å². The molecule has 0 amide bonds. The molecule has 0 aliphatic rings. The minimum Gasteiger partial charge on any atom is -0.508 e. The summed E-state index contributed by atoms with van der Waals surface area (Å²) < 4.78 is 0. The largest absolute Gasteiger partial charge is 0.508 e. The van der Waals surface area contributed by atoms with Gasteiger partial charge in [0.15, 0.2) is 11.5 Å². The predicted octanol–water partition coefficient (Wildman–Crippen LogP) is 2.78. The van der Waals surface area contributed by atoms with Crippen LogP contribution in [-0.4, -0.2) is 15.3 Å². The highest BCUT2D eigenvalue weighted by Crippen LogP contribution is 2.42. The molecule has 0 spiro atoms. The molecular weight excluding hydrogens is 204 g/mol. The Kier molecular flexibility index (Phi) is 2.44. The normalized spacial score (nSPS) is 10.3.